The van der Waals surface area contributed by atoms with Gasteiger partial charge in [0.1, 0.15) is 12.4 Å². The second-order valence-electron chi connectivity index (χ2n) is 3.00. The lowest BCUT2D eigenvalue weighted by Crippen LogP contribution is -2.33. The van der Waals surface area contributed by atoms with Gasteiger partial charge in [0.05, 0.1) is 5.02 Å². The second-order valence-corrected chi connectivity index (χ2v) is 3.41. The van der Waals surface area contributed by atoms with Gasteiger partial charge in [-0.15, -0.1) is 0 Å². The molecule has 2 rings (SSSR count). The smallest absolute Gasteiger partial charge is 0.141 e. The van der Waals surface area contributed by atoms with Crippen molar-refractivity contribution < 1.29 is 4.74 Å². The van der Waals surface area contributed by atoms with E-state index >= 15 is 0 Å². The molecule has 0 aliphatic carbocycles. The summed E-state index contributed by atoms with van der Waals surface area (Å²) in [7, 11) is 0. The summed E-state index contributed by atoms with van der Waals surface area (Å²) >= 11 is 5.92. The molecule has 0 aromatic heterocycles. The average Bonchev–Trinajstić information content (AvgIpc) is 2.04. The fraction of sp³-hybridized carbons (Fsp3) is 0.333. The number of halogens is 1. The molecule has 0 fully saturated rings. The maximum absolute atomic E-state index is 5.92. The van der Waals surface area contributed by atoms with Gasteiger partial charge in [0.15, 0.2) is 0 Å². The number of hydrogen-bond acceptors (Lipinski definition) is 2. The summed E-state index contributed by atoms with van der Waals surface area (Å²) in [5.41, 5.74) is 6.84. The topological polar surface area (TPSA) is 35.2 Å². The van der Waals surface area contributed by atoms with E-state index in [9.17, 15) is 0 Å². The molecule has 1 aliphatic heterocycles. The van der Waals surface area contributed by atoms with E-state index in [0.717, 1.165) is 17.7 Å². The van der Waals surface area contributed by atoms with Crippen LogP contribution in [0.3, 0.4) is 0 Å². The van der Waals surface area contributed by atoms with Gasteiger partial charge >= 0.3 is 0 Å². The van der Waals surface area contributed by atoms with Crippen LogP contribution in [0.15, 0.2) is 18.2 Å². The first kappa shape index (κ1) is 7.90. The first-order valence-electron chi connectivity index (χ1n) is 3.93. The number of nitrogens with two attached hydrogens (primary N) is 1. The fourth-order valence-corrected chi connectivity index (χ4v) is 1.66. The Kier molecular flexibility index (Phi) is 1.95. The second kappa shape index (κ2) is 2.96. The van der Waals surface area contributed by atoms with Gasteiger partial charge in [-0.2, -0.15) is 0 Å². The van der Waals surface area contributed by atoms with E-state index in [4.69, 9.17) is 22.1 Å². The van der Waals surface area contributed by atoms with Crippen LogP contribution >= 0.6 is 11.6 Å². The molecule has 0 saturated carbocycles. The minimum Gasteiger partial charge on any atom is -0.490 e. The fourth-order valence-electron chi connectivity index (χ4n) is 1.41. The zero-order valence-corrected chi connectivity index (χ0v) is 7.34. The molecule has 0 saturated heterocycles. The van der Waals surface area contributed by atoms with E-state index in [1.54, 1.807) is 0 Å². The molecule has 0 amide bonds. The van der Waals surface area contributed by atoms with Crippen LogP contribution in [-0.2, 0) is 6.42 Å². The number of rotatable bonds is 0. The van der Waals surface area contributed by atoms with E-state index in [0.29, 0.717) is 11.6 Å². The van der Waals surface area contributed by atoms with E-state index < -0.39 is 0 Å². The van der Waals surface area contributed by atoms with Gasteiger partial charge < -0.3 is 10.5 Å². The minimum atomic E-state index is 0.107. The predicted molar refractivity (Wildman–Crippen MR) is 48.6 cm³/mol. The third kappa shape index (κ3) is 1.28. The van der Waals surface area contributed by atoms with Crippen LogP contribution in [0.2, 0.25) is 5.02 Å². The van der Waals surface area contributed by atoms with E-state index in [-0.39, 0.29) is 6.04 Å². The van der Waals surface area contributed by atoms with Crippen molar-refractivity contribution in [3.8, 4) is 5.75 Å². The summed E-state index contributed by atoms with van der Waals surface area (Å²) in [5, 5.41) is 0.680. The van der Waals surface area contributed by atoms with Crippen molar-refractivity contribution in [3.05, 3.63) is 28.8 Å². The Hall–Kier alpha value is -0.730. The van der Waals surface area contributed by atoms with Crippen LogP contribution in [-0.4, -0.2) is 12.6 Å². The van der Waals surface area contributed by atoms with Crippen molar-refractivity contribution in [2.24, 2.45) is 5.73 Å². The molecule has 12 heavy (non-hydrogen) atoms. The first-order valence-corrected chi connectivity index (χ1v) is 4.31. The van der Waals surface area contributed by atoms with Gasteiger partial charge in [0.25, 0.3) is 0 Å². The number of fused-ring (bicyclic) bond motifs is 1. The van der Waals surface area contributed by atoms with Crippen LogP contribution in [0.4, 0.5) is 0 Å². The van der Waals surface area contributed by atoms with Crippen LogP contribution in [0.5, 0.6) is 5.75 Å². The van der Waals surface area contributed by atoms with Crippen molar-refractivity contribution in [3.63, 3.8) is 0 Å². The molecular formula is C9H10ClNO. The number of ether oxygens (including phenoxy) is 1. The van der Waals surface area contributed by atoms with Crippen LogP contribution < -0.4 is 10.5 Å². The molecule has 0 bridgehead atoms. The monoisotopic (exact) mass is 183 g/mol. The van der Waals surface area contributed by atoms with Crippen molar-refractivity contribution in [1.29, 1.82) is 0 Å². The highest BCUT2D eigenvalue weighted by Crippen LogP contribution is 2.31. The first-order chi connectivity index (χ1) is 5.77. The third-order valence-electron chi connectivity index (χ3n) is 1.97. The molecule has 2 nitrogen and oxygen atoms in total. The van der Waals surface area contributed by atoms with Gasteiger partial charge in [-0.1, -0.05) is 23.7 Å². The third-order valence-corrected chi connectivity index (χ3v) is 2.27. The molecule has 1 heterocycles. The Morgan fingerprint density at radius 2 is 2.33 bits per heavy atom. The molecule has 1 atom stereocenters. The molecule has 1 aliphatic rings. The summed E-state index contributed by atoms with van der Waals surface area (Å²) in [6.07, 6.45) is 0.857. The Morgan fingerprint density at radius 1 is 1.50 bits per heavy atom. The molecule has 2 N–H and O–H groups in total. The van der Waals surface area contributed by atoms with E-state index in [1.807, 2.05) is 18.2 Å². The van der Waals surface area contributed by atoms with Gasteiger partial charge in [-0.05, 0) is 18.1 Å². The van der Waals surface area contributed by atoms with Gasteiger partial charge in [-0.25, -0.2) is 0 Å². The zero-order chi connectivity index (χ0) is 8.55. The molecule has 0 radical (unpaired) electrons. The van der Waals surface area contributed by atoms with Crippen LogP contribution in [0, 0.1) is 0 Å². The van der Waals surface area contributed by atoms with Crippen LogP contribution in [0.1, 0.15) is 5.56 Å². The molecule has 1 unspecified atom stereocenters. The highest BCUT2D eigenvalue weighted by atomic mass is 35.5. The summed E-state index contributed by atoms with van der Waals surface area (Å²) < 4.78 is 5.41. The average molecular weight is 184 g/mol. The zero-order valence-electron chi connectivity index (χ0n) is 6.59. The van der Waals surface area contributed by atoms with Crippen molar-refractivity contribution in [2.75, 3.05) is 6.61 Å². The van der Waals surface area contributed by atoms with Gasteiger partial charge in [0.2, 0.25) is 0 Å². The quantitative estimate of drug-likeness (QED) is 0.663. The van der Waals surface area contributed by atoms with Crippen LogP contribution in [0.25, 0.3) is 0 Å². The normalized spacial score (nSPS) is 21.3. The predicted octanol–water partition coefficient (Wildman–Crippen LogP) is 1.60. The molecular weight excluding hydrogens is 174 g/mol. The lowest BCUT2D eigenvalue weighted by molar-refractivity contribution is 0.264. The Labute approximate surface area is 76.3 Å². The number of para-hydroxylation sites is 1. The SMILES string of the molecule is NC1COc2c(Cl)cccc2C1. The highest BCUT2D eigenvalue weighted by Gasteiger charge is 2.17. The molecule has 1 aromatic carbocycles. The summed E-state index contributed by atoms with van der Waals surface area (Å²) in [6, 6.07) is 5.86. The maximum Gasteiger partial charge on any atom is 0.141 e. The summed E-state index contributed by atoms with van der Waals surface area (Å²) in [6.45, 7) is 0.566. The molecule has 1 aromatic rings. The Bertz CT molecular complexity index is 301. The number of hydrogen-bond donors (Lipinski definition) is 1. The molecule has 3 heteroatoms. The van der Waals surface area contributed by atoms with E-state index in [1.165, 1.54) is 0 Å². The van der Waals surface area contributed by atoms with Gasteiger partial charge in [0, 0.05) is 6.04 Å². The summed E-state index contributed by atoms with van der Waals surface area (Å²) in [5.74, 6) is 0.806. The number of benzene rings is 1. The lowest BCUT2D eigenvalue weighted by Gasteiger charge is -2.22. The van der Waals surface area contributed by atoms with Crippen molar-refractivity contribution in [1.82, 2.24) is 0 Å². The standard InChI is InChI=1S/C9H10ClNO/c10-8-3-1-2-6-4-7(11)5-12-9(6)8/h1-3,7H,4-5,11H2. The molecule has 0 spiro atoms. The van der Waals surface area contributed by atoms with Crippen molar-refractivity contribution in [2.45, 2.75) is 12.5 Å². The highest BCUT2D eigenvalue weighted by molar-refractivity contribution is 6.32. The van der Waals surface area contributed by atoms with Crippen molar-refractivity contribution >= 4 is 11.6 Å². The maximum atomic E-state index is 5.92. The summed E-state index contributed by atoms with van der Waals surface area (Å²) in [4.78, 5) is 0. The van der Waals surface area contributed by atoms with E-state index in [2.05, 4.69) is 0 Å². The molecule has 64 valence electrons. The lowest BCUT2D eigenvalue weighted by atomic mass is 10.0. The largest absolute Gasteiger partial charge is 0.490 e. The Morgan fingerprint density at radius 3 is 3.17 bits per heavy atom. The Balaban J connectivity index is 2.42. The minimum absolute atomic E-state index is 0.107. The van der Waals surface area contributed by atoms with Gasteiger partial charge in [-0.3, -0.25) is 0 Å².